The average Bonchev–Trinajstić information content (AvgIpc) is 3.00. The monoisotopic (exact) mass is 428 g/mol. The van der Waals surface area contributed by atoms with E-state index in [1.165, 1.54) is 19.3 Å². The summed E-state index contributed by atoms with van der Waals surface area (Å²) in [7, 11) is 0. The van der Waals surface area contributed by atoms with E-state index in [1.807, 2.05) is 0 Å². The summed E-state index contributed by atoms with van der Waals surface area (Å²) in [5, 5.41) is 30.8. The highest BCUT2D eigenvalue weighted by molar-refractivity contribution is 5.66. The Labute approximate surface area is 181 Å². The Kier molecular flexibility index (Phi) is 7.71. The molecule has 6 nitrogen and oxygen atoms in total. The van der Waals surface area contributed by atoms with Gasteiger partial charge >= 0.3 is 5.97 Å². The second-order valence-electron chi connectivity index (χ2n) is 11.3. The van der Waals surface area contributed by atoms with E-state index in [2.05, 4.69) is 20.8 Å². The van der Waals surface area contributed by atoms with Gasteiger partial charge in [0.25, 0.3) is 0 Å². The zero-order valence-electron chi connectivity index (χ0n) is 18.9. The van der Waals surface area contributed by atoms with E-state index < -0.39 is 5.97 Å². The molecule has 0 unspecified atom stereocenters. The molecule has 0 aromatic carbocycles. The molecule has 4 saturated carbocycles. The summed E-state index contributed by atoms with van der Waals surface area (Å²) in [5.41, 5.74) is 0.216. The first-order valence-electron chi connectivity index (χ1n) is 11.8. The maximum Gasteiger partial charge on any atom is 0.303 e. The molecule has 0 aromatic heterocycles. The largest absolute Gasteiger partial charge is 0.481 e. The van der Waals surface area contributed by atoms with Gasteiger partial charge in [0.15, 0.2) is 0 Å². The molecule has 4 aliphatic rings. The fourth-order valence-corrected chi connectivity index (χ4v) is 8.71. The number of fused-ring (bicyclic) bond motifs is 5. The molecular formula is C24H44O6. The number of hydrogen-bond donors (Lipinski definition) is 3. The average molecular weight is 429 g/mol. The third kappa shape index (κ3) is 3.82. The Morgan fingerprint density at radius 3 is 2.37 bits per heavy atom. The fourth-order valence-electron chi connectivity index (χ4n) is 8.71. The zero-order valence-corrected chi connectivity index (χ0v) is 18.9. The van der Waals surface area contributed by atoms with Crippen molar-refractivity contribution in [3.05, 3.63) is 0 Å². The van der Waals surface area contributed by atoms with Crippen LogP contribution in [0.4, 0.5) is 0 Å². The number of aliphatic carboxylic acids is 1. The maximum atomic E-state index is 11.5. The van der Waals surface area contributed by atoms with Crippen LogP contribution in [0.2, 0.25) is 0 Å². The van der Waals surface area contributed by atoms with Gasteiger partial charge in [0, 0.05) is 6.42 Å². The van der Waals surface area contributed by atoms with Crippen molar-refractivity contribution < 1.29 is 31.1 Å². The molecule has 6 heteroatoms. The van der Waals surface area contributed by atoms with Crippen LogP contribution in [-0.4, -0.2) is 44.4 Å². The van der Waals surface area contributed by atoms with Crippen molar-refractivity contribution in [1.29, 1.82) is 0 Å². The quantitative estimate of drug-likeness (QED) is 0.633. The van der Waals surface area contributed by atoms with Gasteiger partial charge in [-0.2, -0.15) is 0 Å². The van der Waals surface area contributed by atoms with Gasteiger partial charge in [-0.3, -0.25) is 4.79 Å². The molecule has 0 saturated heterocycles. The number of carbonyl (C=O) groups is 1. The molecule has 0 amide bonds. The molecular weight excluding hydrogens is 384 g/mol. The Morgan fingerprint density at radius 2 is 1.70 bits per heavy atom. The van der Waals surface area contributed by atoms with E-state index in [-0.39, 0.29) is 40.4 Å². The summed E-state index contributed by atoms with van der Waals surface area (Å²) >= 11 is 0. The third-order valence-corrected chi connectivity index (χ3v) is 10.3. The predicted octanol–water partition coefficient (Wildman–Crippen LogP) is 2.83. The van der Waals surface area contributed by atoms with Crippen LogP contribution in [0, 0.1) is 46.3 Å². The van der Waals surface area contributed by atoms with Gasteiger partial charge in [-0.15, -0.1) is 0 Å². The predicted molar refractivity (Wildman–Crippen MR) is 116 cm³/mol. The molecule has 176 valence electrons. The number of carboxylic acid groups (broad SMARTS) is 1. The van der Waals surface area contributed by atoms with Crippen LogP contribution in [-0.2, 0) is 4.79 Å². The van der Waals surface area contributed by atoms with Gasteiger partial charge < -0.3 is 26.3 Å². The standard InChI is InChI=1S/C24H40O4.2H2O/c1-14(4-9-22(27)28)18-7-8-19-17-6-5-15-12-16(25)10-11-23(15,2)20(17)13-21(26)24(18,19)3;;/h14-21,25-26H,4-13H2,1-3H3,(H,27,28);2*1H2/t14-,15+,16+,17-,18+,19-,20-,21-,23-,24+;;/m1../s1. The molecule has 0 aliphatic heterocycles. The van der Waals surface area contributed by atoms with Gasteiger partial charge in [0.05, 0.1) is 12.2 Å². The van der Waals surface area contributed by atoms with E-state index >= 15 is 0 Å². The molecule has 0 aromatic rings. The van der Waals surface area contributed by atoms with Crippen molar-refractivity contribution in [1.82, 2.24) is 0 Å². The third-order valence-electron chi connectivity index (χ3n) is 10.3. The van der Waals surface area contributed by atoms with Gasteiger partial charge in [0.1, 0.15) is 0 Å². The Hall–Kier alpha value is -0.690. The van der Waals surface area contributed by atoms with Crippen LogP contribution in [0.5, 0.6) is 0 Å². The minimum absolute atomic E-state index is 0. The maximum absolute atomic E-state index is 11.5. The summed E-state index contributed by atoms with van der Waals surface area (Å²) in [6.45, 7) is 6.99. The molecule has 0 bridgehead atoms. The lowest BCUT2D eigenvalue weighted by atomic mass is 9.43. The van der Waals surface area contributed by atoms with Crippen LogP contribution in [0.3, 0.4) is 0 Å². The van der Waals surface area contributed by atoms with E-state index in [1.54, 1.807) is 0 Å². The van der Waals surface area contributed by atoms with E-state index in [0.717, 1.165) is 38.5 Å². The van der Waals surface area contributed by atoms with Crippen molar-refractivity contribution in [2.75, 3.05) is 0 Å². The lowest BCUT2D eigenvalue weighted by Gasteiger charge is -2.62. The molecule has 7 N–H and O–H groups in total. The second-order valence-corrected chi connectivity index (χ2v) is 11.3. The first-order valence-corrected chi connectivity index (χ1v) is 11.8. The van der Waals surface area contributed by atoms with Crippen molar-refractivity contribution in [3.8, 4) is 0 Å². The van der Waals surface area contributed by atoms with Crippen LogP contribution in [0.1, 0.15) is 85.0 Å². The number of hydrogen-bond acceptors (Lipinski definition) is 3. The van der Waals surface area contributed by atoms with Gasteiger partial charge in [-0.05, 0) is 104 Å². The second kappa shape index (κ2) is 9.05. The molecule has 4 fully saturated rings. The van der Waals surface area contributed by atoms with Crippen molar-refractivity contribution in [2.24, 2.45) is 46.3 Å². The first-order chi connectivity index (χ1) is 13.2. The zero-order chi connectivity index (χ0) is 20.3. The number of carboxylic acids is 1. The van der Waals surface area contributed by atoms with Crippen LogP contribution < -0.4 is 0 Å². The minimum Gasteiger partial charge on any atom is -0.481 e. The highest BCUT2D eigenvalue weighted by atomic mass is 16.4. The summed E-state index contributed by atoms with van der Waals surface area (Å²) in [6.07, 6.45) is 9.26. The Morgan fingerprint density at radius 1 is 1.00 bits per heavy atom. The first kappa shape index (κ1) is 25.6. The lowest BCUT2D eigenvalue weighted by Crippen LogP contribution is -2.58. The normalized spacial score (nSPS) is 48.2. The van der Waals surface area contributed by atoms with Crippen LogP contribution in [0.15, 0.2) is 0 Å². The van der Waals surface area contributed by atoms with E-state index in [0.29, 0.717) is 35.5 Å². The van der Waals surface area contributed by atoms with Gasteiger partial charge in [0.2, 0.25) is 0 Å². The summed E-state index contributed by atoms with van der Waals surface area (Å²) in [6, 6.07) is 0. The molecule has 0 radical (unpaired) electrons. The number of rotatable bonds is 4. The van der Waals surface area contributed by atoms with Crippen molar-refractivity contribution in [3.63, 3.8) is 0 Å². The van der Waals surface area contributed by atoms with Crippen LogP contribution in [0.25, 0.3) is 0 Å². The molecule has 4 rings (SSSR count). The highest BCUT2D eigenvalue weighted by Crippen LogP contribution is 2.68. The van der Waals surface area contributed by atoms with Crippen molar-refractivity contribution >= 4 is 5.97 Å². The smallest absolute Gasteiger partial charge is 0.303 e. The Balaban J connectivity index is 0.00000160. The van der Waals surface area contributed by atoms with E-state index in [4.69, 9.17) is 5.11 Å². The van der Waals surface area contributed by atoms with Crippen molar-refractivity contribution in [2.45, 2.75) is 97.2 Å². The molecule has 4 aliphatic carbocycles. The van der Waals surface area contributed by atoms with E-state index in [9.17, 15) is 15.0 Å². The minimum atomic E-state index is -0.707. The summed E-state index contributed by atoms with van der Waals surface area (Å²) in [4.78, 5) is 11.1. The molecule has 0 heterocycles. The number of aliphatic hydroxyl groups excluding tert-OH is 2. The topological polar surface area (TPSA) is 141 Å². The van der Waals surface area contributed by atoms with Gasteiger partial charge in [-0.1, -0.05) is 20.8 Å². The molecule has 10 atom stereocenters. The molecule has 30 heavy (non-hydrogen) atoms. The van der Waals surface area contributed by atoms with Crippen LogP contribution >= 0.6 is 0 Å². The molecule has 0 spiro atoms. The SMILES string of the molecule is C[C@H](CCC(=O)O)[C@@H]1CC[C@@H]2[C@H]3CC[C@H]4C[C@@H](O)CC[C@@]4(C)[C@@H]3C[C@@H](O)[C@]21C.O.O. The Bertz CT molecular complexity index is 611. The number of aliphatic hydroxyl groups is 2. The lowest BCUT2D eigenvalue weighted by molar-refractivity contribution is -0.175. The summed E-state index contributed by atoms with van der Waals surface area (Å²) < 4.78 is 0. The fraction of sp³-hybridized carbons (Fsp3) is 0.958. The highest BCUT2D eigenvalue weighted by Gasteiger charge is 2.63. The summed E-state index contributed by atoms with van der Waals surface area (Å²) in [5.74, 6) is 2.55. The van der Waals surface area contributed by atoms with Gasteiger partial charge in [-0.25, -0.2) is 0 Å².